The maximum absolute atomic E-state index is 12.1. The van der Waals surface area contributed by atoms with Gasteiger partial charge >= 0.3 is 6.03 Å². The van der Waals surface area contributed by atoms with Gasteiger partial charge in [-0.25, -0.2) is 4.79 Å². The van der Waals surface area contributed by atoms with Crippen molar-refractivity contribution in [3.63, 3.8) is 0 Å². The van der Waals surface area contributed by atoms with Gasteiger partial charge in [0.25, 0.3) is 0 Å². The fourth-order valence-electron chi connectivity index (χ4n) is 3.48. The number of nitrogens with one attached hydrogen (secondary N) is 2. The Labute approximate surface area is 141 Å². The van der Waals surface area contributed by atoms with Crippen LogP contribution in [0.4, 0.5) is 4.79 Å². The molecule has 1 aliphatic carbocycles. The van der Waals surface area contributed by atoms with Crippen molar-refractivity contribution in [2.45, 2.75) is 50.6 Å². The molecular weight excluding hydrogens is 302 g/mol. The van der Waals surface area contributed by atoms with Gasteiger partial charge in [0.2, 0.25) is 0 Å². The maximum atomic E-state index is 12.1. The van der Waals surface area contributed by atoms with Crippen LogP contribution in [0.2, 0.25) is 0 Å². The standard InChI is InChI=1S/C18H23N5O/c24-17(19-12-16-22-21-15-8-4-5-11-23(15)16)20-13-18(9-10-18)14-6-2-1-3-7-14/h1-3,6-7H,4-5,8-13H2,(H2,19,20,24). The second-order valence-corrected chi connectivity index (χ2v) is 6.82. The first-order valence-electron chi connectivity index (χ1n) is 8.75. The van der Waals surface area contributed by atoms with Crippen LogP contribution in [0, 0.1) is 0 Å². The van der Waals surface area contributed by atoms with E-state index in [-0.39, 0.29) is 11.4 Å². The molecule has 0 spiro atoms. The molecule has 0 atom stereocenters. The highest BCUT2D eigenvalue weighted by molar-refractivity contribution is 5.74. The third-order valence-corrected chi connectivity index (χ3v) is 5.17. The molecular formula is C18H23N5O. The van der Waals surface area contributed by atoms with E-state index in [9.17, 15) is 4.79 Å². The van der Waals surface area contributed by atoms with Crippen LogP contribution >= 0.6 is 0 Å². The third-order valence-electron chi connectivity index (χ3n) is 5.17. The molecule has 126 valence electrons. The van der Waals surface area contributed by atoms with Crippen LogP contribution in [-0.2, 0) is 24.9 Å². The van der Waals surface area contributed by atoms with Crippen LogP contribution in [-0.4, -0.2) is 27.3 Å². The summed E-state index contributed by atoms with van der Waals surface area (Å²) >= 11 is 0. The lowest BCUT2D eigenvalue weighted by Gasteiger charge is -2.17. The minimum atomic E-state index is -0.134. The van der Waals surface area contributed by atoms with Crippen molar-refractivity contribution in [2.75, 3.05) is 6.54 Å². The molecule has 0 unspecified atom stereocenters. The number of fused-ring (bicyclic) bond motifs is 1. The molecule has 6 heteroatoms. The summed E-state index contributed by atoms with van der Waals surface area (Å²) < 4.78 is 2.14. The molecule has 24 heavy (non-hydrogen) atoms. The Bertz CT molecular complexity index is 720. The molecule has 1 fully saturated rings. The molecule has 0 radical (unpaired) electrons. The number of hydrogen-bond acceptors (Lipinski definition) is 3. The Hall–Kier alpha value is -2.37. The van der Waals surface area contributed by atoms with E-state index in [2.05, 4.69) is 49.7 Å². The zero-order valence-corrected chi connectivity index (χ0v) is 13.8. The first kappa shape index (κ1) is 15.2. The molecule has 2 aromatic rings. The molecule has 0 bridgehead atoms. The quantitative estimate of drug-likeness (QED) is 0.885. The van der Waals surface area contributed by atoms with Gasteiger partial charge in [0.05, 0.1) is 6.54 Å². The Kier molecular flexibility index (Phi) is 3.96. The predicted molar refractivity (Wildman–Crippen MR) is 90.6 cm³/mol. The highest BCUT2D eigenvalue weighted by Crippen LogP contribution is 2.47. The average Bonchev–Trinajstić information content (AvgIpc) is 3.32. The Morgan fingerprint density at radius 1 is 1.12 bits per heavy atom. The van der Waals surface area contributed by atoms with Crippen LogP contribution in [0.25, 0.3) is 0 Å². The number of nitrogens with zero attached hydrogens (tertiary/aromatic N) is 3. The van der Waals surface area contributed by atoms with Gasteiger partial charge < -0.3 is 15.2 Å². The summed E-state index contributed by atoms with van der Waals surface area (Å²) in [6.07, 6.45) is 5.58. The lowest BCUT2D eigenvalue weighted by molar-refractivity contribution is 0.239. The zero-order valence-electron chi connectivity index (χ0n) is 13.8. The van der Waals surface area contributed by atoms with Gasteiger partial charge in [-0.05, 0) is 31.2 Å². The summed E-state index contributed by atoms with van der Waals surface area (Å²) in [6.45, 7) is 2.07. The van der Waals surface area contributed by atoms with Gasteiger partial charge in [0.15, 0.2) is 5.82 Å². The summed E-state index contributed by atoms with van der Waals surface area (Å²) in [6, 6.07) is 10.3. The highest BCUT2D eigenvalue weighted by Gasteiger charge is 2.44. The van der Waals surface area contributed by atoms with Crippen LogP contribution in [0.5, 0.6) is 0 Å². The van der Waals surface area contributed by atoms with Gasteiger partial charge in [0, 0.05) is 24.9 Å². The molecule has 2 amide bonds. The summed E-state index contributed by atoms with van der Waals surface area (Å²) in [5.74, 6) is 1.89. The van der Waals surface area contributed by atoms with Gasteiger partial charge in [-0.15, -0.1) is 10.2 Å². The van der Waals surface area contributed by atoms with E-state index in [0.29, 0.717) is 13.1 Å². The molecule has 2 heterocycles. The smallest absolute Gasteiger partial charge is 0.315 e. The van der Waals surface area contributed by atoms with E-state index in [0.717, 1.165) is 43.9 Å². The van der Waals surface area contributed by atoms with Gasteiger partial charge in [-0.1, -0.05) is 30.3 Å². The molecule has 4 rings (SSSR count). The van der Waals surface area contributed by atoms with Crippen molar-refractivity contribution in [2.24, 2.45) is 0 Å². The van der Waals surface area contributed by atoms with Crippen molar-refractivity contribution in [1.29, 1.82) is 0 Å². The topological polar surface area (TPSA) is 71.8 Å². The van der Waals surface area contributed by atoms with Crippen molar-refractivity contribution in [3.8, 4) is 0 Å². The third kappa shape index (κ3) is 3.00. The summed E-state index contributed by atoms with van der Waals surface area (Å²) in [7, 11) is 0. The van der Waals surface area contributed by atoms with Crippen LogP contribution in [0.1, 0.15) is 42.9 Å². The van der Waals surface area contributed by atoms with Crippen molar-refractivity contribution in [3.05, 3.63) is 47.5 Å². The monoisotopic (exact) mass is 325 g/mol. The Morgan fingerprint density at radius 2 is 1.96 bits per heavy atom. The molecule has 0 saturated heterocycles. The highest BCUT2D eigenvalue weighted by atomic mass is 16.2. The van der Waals surface area contributed by atoms with E-state index in [1.54, 1.807) is 0 Å². The van der Waals surface area contributed by atoms with E-state index >= 15 is 0 Å². The van der Waals surface area contributed by atoms with Crippen LogP contribution < -0.4 is 10.6 Å². The second-order valence-electron chi connectivity index (χ2n) is 6.82. The molecule has 1 saturated carbocycles. The lowest BCUT2D eigenvalue weighted by Crippen LogP contribution is -2.40. The number of aryl methyl sites for hydroxylation is 1. The van der Waals surface area contributed by atoms with E-state index in [1.807, 2.05) is 6.07 Å². The summed E-state index contributed by atoms with van der Waals surface area (Å²) in [5.41, 5.74) is 1.45. The van der Waals surface area contributed by atoms with E-state index < -0.39 is 0 Å². The fourth-order valence-corrected chi connectivity index (χ4v) is 3.48. The first-order chi connectivity index (χ1) is 11.8. The average molecular weight is 325 g/mol. The fraction of sp³-hybridized carbons (Fsp3) is 0.500. The Balaban J connectivity index is 1.29. The maximum Gasteiger partial charge on any atom is 0.315 e. The zero-order chi connectivity index (χ0) is 16.4. The number of carbonyl (C=O) groups is 1. The molecule has 2 aliphatic rings. The van der Waals surface area contributed by atoms with Gasteiger partial charge in [0.1, 0.15) is 5.82 Å². The van der Waals surface area contributed by atoms with Crippen molar-refractivity contribution >= 4 is 6.03 Å². The van der Waals surface area contributed by atoms with Crippen LogP contribution in [0.15, 0.2) is 30.3 Å². The van der Waals surface area contributed by atoms with Gasteiger partial charge in [-0.2, -0.15) is 0 Å². The SMILES string of the molecule is O=C(NCc1nnc2n1CCCC2)NCC1(c2ccccc2)CC1. The van der Waals surface area contributed by atoms with E-state index in [4.69, 9.17) is 0 Å². The predicted octanol–water partition coefficient (Wildman–Crippen LogP) is 2.15. The van der Waals surface area contributed by atoms with Crippen molar-refractivity contribution in [1.82, 2.24) is 25.4 Å². The molecule has 6 nitrogen and oxygen atoms in total. The second kappa shape index (κ2) is 6.26. The lowest BCUT2D eigenvalue weighted by atomic mass is 9.96. The molecule has 1 aromatic heterocycles. The number of amides is 2. The number of rotatable bonds is 5. The minimum Gasteiger partial charge on any atom is -0.337 e. The normalized spacial score (nSPS) is 17.8. The number of urea groups is 1. The largest absolute Gasteiger partial charge is 0.337 e. The van der Waals surface area contributed by atoms with Crippen LogP contribution in [0.3, 0.4) is 0 Å². The number of aromatic nitrogens is 3. The number of benzene rings is 1. The molecule has 2 N–H and O–H groups in total. The molecule has 1 aliphatic heterocycles. The van der Waals surface area contributed by atoms with Gasteiger partial charge in [-0.3, -0.25) is 0 Å². The number of hydrogen-bond donors (Lipinski definition) is 2. The summed E-state index contributed by atoms with van der Waals surface area (Å²) in [5, 5.41) is 14.4. The Morgan fingerprint density at radius 3 is 2.75 bits per heavy atom. The molecule has 1 aromatic carbocycles. The van der Waals surface area contributed by atoms with Crippen molar-refractivity contribution < 1.29 is 4.79 Å². The summed E-state index contributed by atoms with van der Waals surface area (Å²) in [4.78, 5) is 12.1. The number of carbonyl (C=O) groups excluding carboxylic acids is 1. The minimum absolute atomic E-state index is 0.132. The van der Waals surface area contributed by atoms with E-state index in [1.165, 1.54) is 12.0 Å². The first-order valence-corrected chi connectivity index (χ1v) is 8.75.